The van der Waals surface area contributed by atoms with Gasteiger partial charge in [0.25, 0.3) is 17.3 Å². The number of nitrogens with one attached hydrogen (secondary N) is 2. The molecule has 2 aromatic carbocycles. The number of aromatic nitrogens is 4. The minimum absolute atomic E-state index is 0.00405. The third-order valence-corrected chi connectivity index (χ3v) is 7.63. The van der Waals surface area contributed by atoms with Crippen molar-refractivity contribution in [1.82, 2.24) is 25.1 Å². The van der Waals surface area contributed by atoms with Crippen LogP contribution in [0.15, 0.2) is 59.1 Å². The van der Waals surface area contributed by atoms with Gasteiger partial charge in [-0.15, -0.1) is 21.5 Å². The SMILES string of the molecule is CC(C)[C@H](NC(=O)c1cccc([N+](=O)[O-])c1)c1nnc(SCC(=O)Nc2nc(-c3cccc([N+](=O)[O-])c3)cs2)n1C. The molecular formula is C25H24N8O6S2. The first-order valence-electron chi connectivity index (χ1n) is 12.1. The molecule has 0 saturated carbocycles. The van der Waals surface area contributed by atoms with Crippen LogP contribution in [0, 0.1) is 26.1 Å². The maximum Gasteiger partial charge on any atom is 0.270 e. The van der Waals surface area contributed by atoms with Crippen LogP contribution in [0.1, 0.15) is 36.1 Å². The third kappa shape index (κ3) is 7.09. The fraction of sp³-hybridized carbons (Fsp3) is 0.240. The molecule has 0 radical (unpaired) electrons. The number of nitro benzene ring substituents is 2. The molecule has 2 amide bonds. The standard InChI is InChI=1S/C25H24N8O6S2/c1-14(2)21(28-23(35)16-7-5-9-18(11-16)33(38)39)22-29-30-25(31(22)3)41-13-20(34)27-24-26-19(12-40-24)15-6-4-8-17(10-15)32(36)37/h4-12,14,21H,13H2,1-3H3,(H,28,35)(H,26,27,34)/t21-/m0/s1. The van der Waals surface area contributed by atoms with Gasteiger partial charge in [0.05, 0.1) is 27.3 Å². The average molecular weight is 597 g/mol. The van der Waals surface area contributed by atoms with Crippen molar-refractivity contribution < 1.29 is 19.4 Å². The second-order valence-electron chi connectivity index (χ2n) is 9.08. The van der Waals surface area contributed by atoms with Crippen LogP contribution in [-0.2, 0) is 11.8 Å². The molecule has 0 aliphatic heterocycles. The van der Waals surface area contributed by atoms with Crippen LogP contribution in [0.5, 0.6) is 0 Å². The zero-order valence-corrected chi connectivity index (χ0v) is 23.6. The van der Waals surface area contributed by atoms with E-state index < -0.39 is 21.8 Å². The Hall–Kier alpha value is -4.70. The molecule has 0 fully saturated rings. The first-order valence-corrected chi connectivity index (χ1v) is 14.0. The Morgan fingerprint density at radius 2 is 1.73 bits per heavy atom. The predicted octanol–water partition coefficient (Wildman–Crippen LogP) is 4.61. The number of thioether (sulfide) groups is 1. The smallest absolute Gasteiger partial charge is 0.270 e. The van der Waals surface area contributed by atoms with Gasteiger partial charge in [-0.05, 0) is 12.0 Å². The van der Waals surface area contributed by atoms with Crippen molar-refractivity contribution in [2.75, 3.05) is 11.1 Å². The van der Waals surface area contributed by atoms with Gasteiger partial charge in [-0.2, -0.15) is 0 Å². The van der Waals surface area contributed by atoms with Crippen molar-refractivity contribution in [3.8, 4) is 11.3 Å². The second kappa shape index (κ2) is 12.6. The normalized spacial score (nSPS) is 11.7. The molecule has 0 unspecified atom stereocenters. The summed E-state index contributed by atoms with van der Waals surface area (Å²) in [6.07, 6.45) is 0. The zero-order valence-electron chi connectivity index (χ0n) is 22.0. The number of non-ortho nitro benzene ring substituents is 2. The van der Waals surface area contributed by atoms with Crippen molar-refractivity contribution >= 4 is 51.4 Å². The van der Waals surface area contributed by atoms with Crippen LogP contribution < -0.4 is 10.6 Å². The molecular weight excluding hydrogens is 572 g/mol. The van der Waals surface area contributed by atoms with Crippen LogP contribution in [0.4, 0.5) is 16.5 Å². The number of nitro groups is 2. The average Bonchev–Trinajstić information content (AvgIpc) is 3.56. The summed E-state index contributed by atoms with van der Waals surface area (Å²) < 4.78 is 1.68. The fourth-order valence-electron chi connectivity index (χ4n) is 3.77. The van der Waals surface area contributed by atoms with E-state index in [1.54, 1.807) is 29.1 Å². The fourth-order valence-corrected chi connectivity index (χ4v) is 5.22. The Bertz CT molecular complexity index is 1620. The number of nitrogens with zero attached hydrogens (tertiary/aromatic N) is 6. The first-order chi connectivity index (χ1) is 19.5. The summed E-state index contributed by atoms with van der Waals surface area (Å²) in [6.45, 7) is 3.78. The minimum atomic E-state index is -0.566. The highest BCUT2D eigenvalue weighted by Crippen LogP contribution is 2.28. The number of anilines is 1. The van der Waals surface area contributed by atoms with Crippen LogP contribution in [0.2, 0.25) is 0 Å². The molecule has 41 heavy (non-hydrogen) atoms. The summed E-state index contributed by atoms with van der Waals surface area (Å²) in [5.41, 5.74) is 0.978. The number of carbonyl (C=O) groups excluding carboxylic acids is 2. The second-order valence-corrected chi connectivity index (χ2v) is 10.9. The van der Waals surface area contributed by atoms with Gasteiger partial charge in [0.1, 0.15) is 0 Å². The minimum Gasteiger partial charge on any atom is -0.342 e. The van der Waals surface area contributed by atoms with Crippen LogP contribution in [0.25, 0.3) is 11.3 Å². The van der Waals surface area contributed by atoms with Gasteiger partial charge in [0, 0.05) is 47.8 Å². The quantitative estimate of drug-likeness (QED) is 0.140. The van der Waals surface area contributed by atoms with Gasteiger partial charge in [0.15, 0.2) is 16.1 Å². The summed E-state index contributed by atoms with van der Waals surface area (Å²) in [4.78, 5) is 50.9. The monoisotopic (exact) mass is 596 g/mol. The number of benzene rings is 2. The van der Waals surface area contributed by atoms with Crippen molar-refractivity contribution in [2.24, 2.45) is 13.0 Å². The molecule has 0 aliphatic carbocycles. The molecule has 2 N–H and O–H groups in total. The molecule has 0 saturated heterocycles. The summed E-state index contributed by atoms with van der Waals surface area (Å²) >= 11 is 2.34. The molecule has 212 valence electrons. The highest BCUT2D eigenvalue weighted by Gasteiger charge is 2.26. The van der Waals surface area contributed by atoms with E-state index in [2.05, 4.69) is 25.8 Å². The van der Waals surface area contributed by atoms with Crippen molar-refractivity contribution in [1.29, 1.82) is 0 Å². The van der Waals surface area contributed by atoms with E-state index in [1.807, 2.05) is 13.8 Å². The number of amides is 2. The molecule has 4 rings (SSSR count). The van der Waals surface area contributed by atoms with Crippen LogP contribution in [-0.4, -0.2) is 47.2 Å². The molecule has 1 atom stereocenters. The van der Waals surface area contributed by atoms with E-state index in [-0.39, 0.29) is 34.5 Å². The van der Waals surface area contributed by atoms with Gasteiger partial charge >= 0.3 is 0 Å². The molecule has 2 aromatic heterocycles. The van der Waals surface area contributed by atoms with E-state index in [0.29, 0.717) is 27.4 Å². The topological polar surface area (TPSA) is 188 Å². The lowest BCUT2D eigenvalue weighted by molar-refractivity contribution is -0.385. The van der Waals surface area contributed by atoms with Gasteiger partial charge in [-0.1, -0.05) is 43.8 Å². The lowest BCUT2D eigenvalue weighted by Gasteiger charge is -2.21. The summed E-state index contributed by atoms with van der Waals surface area (Å²) in [7, 11) is 1.72. The Morgan fingerprint density at radius 3 is 2.41 bits per heavy atom. The number of rotatable bonds is 11. The van der Waals surface area contributed by atoms with E-state index in [0.717, 1.165) is 11.8 Å². The maximum absolute atomic E-state index is 12.9. The van der Waals surface area contributed by atoms with Crippen LogP contribution >= 0.6 is 23.1 Å². The summed E-state index contributed by atoms with van der Waals surface area (Å²) in [6, 6.07) is 11.0. The molecule has 0 spiro atoms. The first kappa shape index (κ1) is 29.3. The summed E-state index contributed by atoms with van der Waals surface area (Å²) in [5.74, 6) is -0.449. The van der Waals surface area contributed by atoms with Gasteiger partial charge in [0.2, 0.25) is 5.91 Å². The van der Waals surface area contributed by atoms with Crippen molar-refractivity contribution in [3.63, 3.8) is 0 Å². The zero-order chi connectivity index (χ0) is 29.7. The number of thiazole rings is 1. The largest absolute Gasteiger partial charge is 0.342 e. The van der Waals surface area contributed by atoms with Crippen molar-refractivity contribution in [2.45, 2.75) is 25.0 Å². The van der Waals surface area contributed by atoms with Crippen LogP contribution in [0.3, 0.4) is 0 Å². The molecule has 0 bridgehead atoms. The lowest BCUT2D eigenvalue weighted by Crippen LogP contribution is -2.33. The highest BCUT2D eigenvalue weighted by atomic mass is 32.2. The van der Waals surface area contributed by atoms with Crippen molar-refractivity contribution in [3.05, 3.63) is 85.5 Å². The van der Waals surface area contributed by atoms with Gasteiger partial charge < -0.3 is 15.2 Å². The molecule has 0 aliphatic rings. The molecule has 16 heteroatoms. The van der Waals surface area contributed by atoms with E-state index in [9.17, 15) is 29.8 Å². The Balaban J connectivity index is 1.39. The lowest BCUT2D eigenvalue weighted by atomic mass is 10.0. The Labute approximate surface area is 241 Å². The molecule has 2 heterocycles. The number of hydrogen-bond donors (Lipinski definition) is 2. The number of hydrogen-bond acceptors (Lipinski definition) is 11. The maximum atomic E-state index is 12.9. The van der Waals surface area contributed by atoms with Gasteiger partial charge in [-0.3, -0.25) is 29.8 Å². The number of carbonyl (C=O) groups is 2. The van der Waals surface area contributed by atoms with Gasteiger partial charge in [-0.25, -0.2) is 4.98 Å². The third-order valence-electron chi connectivity index (χ3n) is 5.85. The molecule has 4 aromatic rings. The Morgan fingerprint density at radius 1 is 1.05 bits per heavy atom. The highest BCUT2D eigenvalue weighted by molar-refractivity contribution is 7.99. The Kier molecular flexibility index (Phi) is 9.04. The predicted molar refractivity (Wildman–Crippen MR) is 153 cm³/mol. The molecule has 14 nitrogen and oxygen atoms in total. The van der Waals surface area contributed by atoms with E-state index in [4.69, 9.17) is 0 Å². The van der Waals surface area contributed by atoms with E-state index in [1.165, 1.54) is 47.7 Å². The van der Waals surface area contributed by atoms with E-state index >= 15 is 0 Å². The summed E-state index contributed by atoms with van der Waals surface area (Å²) in [5, 5.41) is 38.6.